The number of phenolic OH excluding ortho intramolecular Hbond substituents is 1. The number of Topliss-reactive ketones (excluding diaryl/α,β-unsaturated/α-hetero) is 1. The maximum Gasteiger partial charge on any atom is 0.163 e. The van der Waals surface area contributed by atoms with Crippen molar-refractivity contribution in [2.45, 2.75) is 51.0 Å². The van der Waals surface area contributed by atoms with Gasteiger partial charge in [-0.2, -0.15) is 0 Å². The Morgan fingerprint density at radius 1 is 1.24 bits per heavy atom. The highest BCUT2D eigenvalue weighted by molar-refractivity contribution is 5.99. The summed E-state index contributed by atoms with van der Waals surface area (Å²) in [5, 5.41) is 20.0. The predicted octanol–water partition coefficient (Wildman–Crippen LogP) is 3.25. The number of hydrogen-bond acceptors (Lipinski definition) is 3. The van der Waals surface area contributed by atoms with E-state index < -0.39 is 0 Å². The van der Waals surface area contributed by atoms with E-state index in [1.54, 1.807) is 12.1 Å². The molecule has 1 aromatic carbocycles. The summed E-state index contributed by atoms with van der Waals surface area (Å²) >= 11 is 0. The van der Waals surface area contributed by atoms with Crippen LogP contribution in [0.2, 0.25) is 0 Å². The van der Waals surface area contributed by atoms with Gasteiger partial charge in [0.05, 0.1) is 6.10 Å². The van der Waals surface area contributed by atoms with E-state index in [9.17, 15) is 15.0 Å². The molecule has 4 rings (SSSR count). The van der Waals surface area contributed by atoms with Crippen LogP contribution in [0.15, 0.2) is 18.2 Å². The number of hydrogen-bond donors (Lipinski definition) is 2. The number of carbonyl (C=O) groups excluding carboxylic acids is 1. The zero-order chi connectivity index (χ0) is 14.8. The first-order valence-corrected chi connectivity index (χ1v) is 8.05. The molecule has 3 nitrogen and oxygen atoms in total. The Hall–Kier alpha value is -1.35. The number of benzene rings is 1. The van der Waals surface area contributed by atoms with Gasteiger partial charge in [-0.3, -0.25) is 4.79 Å². The average molecular weight is 286 g/mol. The molecule has 0 aliphatic heterocycles. The molecule has 0 heterocycles. The van der Waals surface area contributed by atoms with Crippen molar-refractivity contribution in [3.63, 3.8) is 0 Å². The average Bonchev–Trinajstić information content (AvgIpc) is 2.76. The molecule has 1 unspecified atom stereocenters. The Kier molecular flexibility index (Phi) is 2.74. The van der Waals surface area contributed by atoms with Gasteiger partial charge in [0.1, 0.15) is 5.75 Å². The third-order valence-electron chi connectivity index (χ3n) is 6.54. The molecule has 1 aromatic rings. The molecule has 21 heavy (non-hydrogen) atoms. The molecule has 112 valence electrons. The van der Waals surface area contributed by atoms with E-state index in [4.69, 9.17) is 0 Å². The number of aliphatic hydroxyl groups excluding tert-OH is 1. The first-order chi connectivity index (χ1) is 10.0. The minimum Gasteiger partial charge on any atom is -0.508 e. The molecule has 0 spiro atoms. The second-order valence-electron chi connectivity index (χ2n) is 7.41. The minimum atomic E-state index is -0.209. The van der Waals surface area contributed by atoms with E-state index in [0.29, 0.717) is 24.2 Å². The first kappa shape index (κ1) is 13.3. The van der Waals surface area contributed by atoms with Crippen LogP contribution in [-0.2, 0) is 0 Å². The lowest BCUT2D eigenvalue weighted by Crippen LogP contribution is -2.44. The van der Waals surface area contributed by atoms with Crippen LogP contribution in [0.25, 0.3) is 0 Å². The molecule has 3 heteroatoms. The van der Waals surface area contributed by atoms with Crippen molar-refractivity contribution < 1.29 is 15.0 Å². The van der Waals surface area contributed by atoms with E-state index >= 15 is 0 Å². The van der Waals surface area contributed by atoms with Gasteiger partial charge in [0.2, 0.25) is 0 Å². The lowest BCUT2D eigenvalue weighted by Gasteiger charge is -2.49. The second-order valence-corrected chi connectivity index (χ2v) is 7.41. The Labute approximate surface area is 125 Å². The van der Waals surface area contributed by atoms with Crippen molar-refractivity contribution in [3.05, 3.63) is 29.3 Å². The first-order valence-electron chi connectivity index (χ1n) is 8.05. The molecule has 0 amide bonds. The Balaban J connectivity index is 1.77. The SMILES string of the molecule is C[C@]12CC[C@@H]3c4ccc(O)cc4C(=O)CC3[C@@H]1CC[C@@H]2O. The van der Waals surface area contributed by atoms with Crippen molar-refractivity contribution >= 4 is 5.78 Å². The molecule has 2 saturated carbocycles. The summed E-state index contributed by atoms with van der Waals surface area (Å²) in [5.41, 5.74) is 1.84. The monoisotopic (exact) mass is 286 g/mol. The Bertz CT molecular complexity index is 608. The van der Waals surface area contributed by atoms with Crippen LogP contribution < -0.4 is 0 Å². The number of aliphatic hydroxyl groups is 1. The van der Waals surface area contributed by atoms with Crippen molar-refractivity contribution in [1.82, 2.24) is 0 Å². The normalized spacial score (nSPS) is 41.3. The van der Waals surface area contributed by atoms with Crippen LogP contribution in [0.5, 0.6) is 5.75 Å². The number of phenols is 1. The van der Waals surface area contributed by atoms with Crippen molar-refractivity contribution in [2.75, 3.05) is 0 Å². The van der Waals surface area contributed by atoms with E-state index in [2.05, 4.69) is 6.92 Å². The van der Waals surface area contributed by atoms with Crippen molar-refractivity contribution in [3.8, 4) is 5.75 Å². The molecule has 3 aliphatic carbocycles. The summed E-state index contributed by atoms with van der Waals surface area (Å²) in [6, 6.07) is 5.27. The standard InChI is InChI=1S/C18H22O3/c1-18-7-6-12-11-3-2-10(19)8-14(11)16(20)9-13(12)15(18)4-5-17(18)21/h2-3,8,12-13,15,17,19,21H,4-7,9H2,1H3/t12-,13?,15+,17+,18+/m1/s1. The van der Waals surface area contributed by atoms with Crippen LogP contribution in [0.1, 0.15) is 60.9 Å². The van der Waals surface area contributed by atoms with Gasteiger partial charge < -0.3 is 10.2 Å². The van der Waals surface area contributed by atoms with Crippen LogP contribution in [0.3, 0.4) is 0 Å². The van der Waals surface area contributed by atoms with Crippen LogP contribution in [0, 0.1) is 17.3 Å². The summed E-state index contributed by atoms with van der Waals surface area (Å²) in [4.78, 5) is 12.5. The molecule has 5 atom stereocenters. The fourth-order valence-corrected chi connectivity index (χ4v) is 5.36. The fourth-order valence-electron chi connectivity index (χ4n) is 5.36. The second kappa shape index (κ2) is 4.33. The maximum atomic E-state index is 12.5. The number of carbonyl (C=O) groups is 1. The summed E-state index contributed by atoms with van der Waals surface area (Å²) < 4.78 is 0. The zero-order valence-electron chi connectivity index (χ0n) is 12.4. The Morgan fingerprint density at radius 2 is 2.05 bits per heavy atom. The molecular weight excluding hydrogens is 264 g/mol. The molecule has 0 aromatic heterocycles. The zero-order valence-corrected chi connectivity index (χ0v) is 12.4. The molecule has 0 bridgehead atoms. The van der Waals surface area contributed by atoms with E-state index in [0.717, 1.165) is 36.8 Å². The number of aromatic hydroxyl groups is 1. The predicted molar refractivity (Wildman–Crippen MR) is 79.4 cm³/mol. The van der Waals surface area contributed by atoms with Gasteiger partial charge in [0.25, 0.3) is 0 Å². The van der Waals surface area contributed by atoms with E-state index in [1.165, 1.54) is 0 Å². The lowest BCUT2D eigenvalue weighted by atomic mass is 9.55. The maximum absolute atomic E-state index is 12.5. The summed E-state index contributed by atoms with van der Waals surface area (Å²) in [5.74, 6) is 1.58. The lowest BCUT2D eigenvalue weighted by molar-refractivity contribution is -0.0208. The highest BCUT2D eigenvalue weighted by Crippen LogP contribution is 2.60. The quantitative estimate of drug-likeness (QED) is 0.769. The Morgan fingerprint density at radius 3 is 2.86 bits per heavy atom. The van der Waals surface area contributed by atoms with Crippen molar-refractivity contribution in [2.24, 2.45) is 17.3 Å². The summed E-state index contributed by atoms with van der Waals surface area (Å²) in [6.45, 7) is 2.21. The van der Waals surface area contributed by atoms with Crippen molar-refractivity contribution in [1.29, 1.82) is 0 Å². The number of ketones is 1. The van der Waals surface area contributed by atoms with Crippen LogP contribution in [0.4, 0.5) is 0 Å². The summed E-state index contributed by atoms with van der Waals surface area (Å²) in [7, 11) is 0. The molecule has 2 N–H and O–H groups in total. The van der Waals surface area contributed by atoms with Gasteiger partial charge >= 0.3 is 0 Å². The van der Waals surface area contributed by atoms with Gasteiger partial charge in [-0.1, -0.05) is 13.0 Å². The highest BCUT2D eigenvalue weighted by Gasteiger charge is 2.55. The van der Waals surface area contributed by atoms with Gasteiger partial charge in [-0.25, -0.2) is 0 Å². The number of rotatable bonds is 0. The van der Waals surface area contributed by atoms with E-state index in [1.807, 2.05) is 6.07 Å². The number of fused-ring (bicyclic) bond motifs is 5. The van der Waals surface area contributed by atoms with Gasteiger partial charge in [-0.05, 0) is 66.5 Å². The topological polar surface area (TPSA) is 57.5 Å². The van der Waals surface area contributed by atoms with Gasteiger partial charge in [-0.15, -0.1) is 0 Å². The largest absolute Gasteiger partial charge is 0.508 e. The minimum absolute atomic E-state index is 0.00410. The fraction of sp³-hybridized carbons (Fsp3) is 0.611. The van der Waals surface area contributed by atoms with E-state index in [-0.39, 0.29) is 23.1 Å². The highest BCUT2D eigenvalue weighted by atomic mass is 16.3. The molecule has 3 aliphatic rings. The van der Waals surface area contributed by atoms with Crippen LogP contribution >= 0.6 is 0 Å². The summed E-state index contributed by atoms with van der Waals surface area (Å²) in [6.07, 6.45) is 4.36. The third-order valence-corrected chi connectivity index (χ3v) is 6.54. The molecule has 0 radical (unpaired) electrons. The van der Waals surface area contributed by atoms with Crippen LogP contribution in [-0.4, -0.2) is 22.1 Å². The molecule has 2 fully saturated rings. The third kappa shape index (κ3) is 1.73. The smallest absolute Gasteiger partial charge is 0.163 e. The molecular formula is C18H22O3. The van der Waals surface area contributed by atoms with Gasteiger partial charge in [0, 0.05) is 12.0 Å². The molecule has 0 saturated heterocycles. The van der Waals surface area contributed by atoms with Gasteiger partial charge in [0.15, 0.2) is 5.78 Å².